The minimum absolute atomic E-state index is 0.150. The van der Waals surface area contributed by atoms with Crippen LogP contribution in [-0.4, -0.2) is 37.4 Å². The van der Waals surface area contributed by atoms with Crippen LogP contribution in [0.1, 0.15) is 44.4 Å². The molecular weight excluding hydrogens is 419 g/mol. The molecule has 0 aliphatic carbocycles. The molecule has 0 heterocycles. The van der Waals surface area contributed by atoms with Crippen molar-refractivity contribution in [3.8, 4) is 0 Å². The van der Waals surface area contributed by atoms with Gasteiger partial charge < -0.3 is 18.5 Å². The summed E-state index contributed by atoms with van der Waals surface area (Å²) in [6, 6.07) is 3.77. The SMILES string of the molecule is C=C(C)C(=O)OC(C)COP(=O)(OCC(C)OC(=O)C(=C)C)c1c(C)cc(C)cc1C. The molecule has 2 atom stereocenters. The first-order chi connectivity index (χ1) is 14.3. The molecule has 0 fully saturated rings. The highest BCUT2D eigenvalue weighted by Crippen LogP contribution is 2.49. The van der Waals surface area contributed by atoms with E-state index in [-0.39, 0.29) is 24.4 Å². The monoisotopic (exact) mass is 452 g/mol. The molecule has 0 aromatic heterocycles. The second-order valence-corrected chi connectivity index (χ2v) is 9.79. The van der Waals surface area contributed by atoms with E-state index in [0.717, 1.165) is 16.7 Å². The summed E-state index contributed by atoms with van der Waals surface area (Å²) in [4.78, 5) is 23.5. The Bertz CT molecular complexity index is 838. The summed E-state index contributed by atoms with van der Waals surface area (Å²) in [5, 5.41) is 0.440. The standard InChI is InChI=1S/C23H33O7P/c1-14(2)22(24)29-19(8)12-27-31(26,21-17(6)10-16(5)11-18(21)7)28-13-20(9)30-23(25)15(3)4/h10-11,19-20H,1,3,12-13H2,2,4-9H3. The summed E-state index contributed by atoms with van der Waals surface area (Å²) >= 11 is 0. The molecule has 1 aromatic rings. The molecule has 0 saturated carbocycles. The number of rotatable bonds is 11. The van der Waals surface area contributed by atoms with Gasteiger partial charge in [-0.3, -0.25) is 4.57 Å². The first kappa shape index (κ1) is 26.8. The maximum absolute atomic E-state index is 13.9. The van der Waals surface area contributed by atoms with Crippen LogP contribution in [0.2, 0.25) is 0 Å². The van der Waals surface area contributed by atoms with E-state index in [9.17, 15) is 14.2 Å². The maximum atomic E-state index is 13.9. The zero-order valence-corrected chi connectivity index (χ0v) is 20.3. The van der Waals surface area contributed by atoms with Gasteiger partial charge in [-0.2, -0.15) is 0 Å². The number of esters is 2. The van der Waals surface area contributed by atoms with Crippen molar-refractivity contribution in [3.05, 3.63) is 53.1 Å². The molecule has 0 bridgehead atoms. The zero-order chi connectivity index (χ0) is 23.9. The van der Waals surface area contributed by atoms with Crippen LogP contribution in [0.15, 0.2) is 36.4 Å². The van der Waals surface area contributed by atoms with Crippen molar-refractivity contribution < 1.29 is 32.7 Å². The minimum Gasteiger partial charge on any atom is -0.457 e. The van der Waals surface area contributed by atoms with Crippen molar-refractivity contribution >= 4 is 24.8 Å². The molecule has 1 rings (SSSR count). The highest BCUT2D eigenvalue weighted by molar-refractivity contribution is 7.62. The summed E-state index contributed by atoms with van der Waals surface area (Å²) in [6.45, 7) is 18.7. The van der Waals surface area contributed by atoms with Gasteiger partial charge in [-0.1, -0.05) is 30.9 Å². The molecule has 31 heavy (non-hydrogen) atoms. The van der Waals surface area contributed by atoms with Crippen molar-refractivity contribution in [2.45, 2.75) is 60.7 Å². The molecule has 0 N–H and O–H groups in total. The summed E-state index contributed by atoms with van der Waals surface area (Å²) in [5.41, 5.74) is 3.02. The van der Waals surface area contributed by atoms with Crippen LogP contribution in [0.4, 0.5) is 0 Å². The van der Waals surface area contributed by atoms with Crippen molar-refractivity contribution in [1.82, 2.24) is 0 Å². The Morgan fingerprint density at radius 3 is 1.55 bits per heavy atom. The quantitative estimate of drug-likeness (QED) is 0.278. The van der Waals surface area contributed by atoms with Crippen molar-refractivity contribution in [2.24, 2.45) is 0 Å². The highest BCUT2D eigenvalue weighted by Gasteiger charge is 2.33. The number of aryl methyl sites for hydroxylation is 3. The van der Waals surface area contributed by atoms with Gasteiger partial charge in [0.05, 0.1) is 18.5 Å². The van der Waals surface area contributed by atoms with Crippen molar-refractivity contribution in [3.63, 3.8) is 0 Å². The predicted octanol–water partition coefficient (Wildman–Crippen LogP) is 4.48. The molecule has 0 spiro atoms. The van der Waals surface area contributed by atoms with Gasteiger partial charge in [0.25, 0.3) is 0 Å². The lowest BCUT2D eigenvalue weighted by atomic mass is 10.1. The van der Waals surface area contributed by atoms with E-state index in [2.05, 4.69) is 13.2 Å². The molecule has 0 aliphatic rings. The van der Waals surface area contributed by atoms with Crippen molar-refractivity contribution in [1.29, 1.82) is 0 Å². The van der Waals surface area contributed by atoms with Crippen LogP contribution < -0.4 is 5.30 Å². The average molecular weight is 452 g/mol. The first-order valence-electron chi connectivity index (χ1n) is 9.97. The van der Waals surface area contributed by atoms with Crippen LogP contribution in [0.5, 0.6) is 0 Å². The largest absolute Gasteiger partial charge is 0.457 e. The van der Waals surface area contributed by atoms with E-state index in [4.69, 9.17) is 18.5 Å². The Morgan fingerprint density at radius 2 is 1.23 bits per heavy atom. The van der Waals surface area contributed by atoms with Crippen LogP contribution >= 0.6 is 7.60 Å². The molecular formula is C23H33O7P. The van der Waals surface area contributed by atoms with Gasteiger partial charge in [-0.25, -0.2) is 9.59 Å². The van der Waals surface area contributed by atoms with E-state index in [1.165, 1.54) is 13.8 Å². The number of carbonyl (C=O) groups excluding carboxylic acids is 2. The van der Waals surface area contributed by atoms with Crippen LogP contribution in [0.3, 0.4) is 0 Å². The van der Waals surface area contributed by atoms with Crippen molar-refractivity contribution in [2.75, 3.05) is 13.2 Å². The predicted molar refractivity (Wildman–Crippen MR) is 121 cm³/mol. The molecule has 0 saturated heterocycles. The highest BCUT2D eigenvalue weighted by atomic mass is 31.2. The second kappa shape index (κ2) is 11.4. The molecule has 8 heteroatoms. The molecule has 0 amide bonds. The van der Waals surface area contributed by atoms with Gasteiger partial charge in [-0.15, -0.1) is 0 Å². The van der Waals surface area contributed by atoms with Crippen LogP contribution in [0, 0.1) is 20.8 Å². The smallest absolute Gasteiger partial charge is 0.362 e. The number of hydrogen-bond donors (Lipinski definition) is 0. The van der Waals surface area contributed by atoms with E-state index >= 15 is 0 Å². The minimum atomic E-state index is -3.84. The summed E-state index contributed by atoms with van der Waals surface area (Å²) < 4.78 is 35.7. The number of benzene rings is 1. The van der Waals surface area contributed by atoms with Crippen LogP contribution in [0.25, 0.3) is 0 Å². The Hall–Kier alpha value is -2.21. The van der Waals surface area contributed by atoms with Gasteiger partial charge in [0.2, 0.25) is 0 Å². The topological polar surface area (TPSA) is 88.1 Å². The lowest BCUT2D eigenvalue weighted by Gasteiger charge is -2.25. The van der Waals surface area contributed by atoms with Crippen LogP contribution in [-0.2, 0) is 32.7 Å². The number of carbonyl (C=O) groups is 2. The molecule has 172 valence electrons. The Morgan fingerprint density at radius 1 is 0.871 bits per heavy atom. The second-order valence-electron chi connectivity index (χ2n) is 7.83. The van der Waals surface area contributed by atoms with Gasteiger partial charge in [0.15, 0.2) is 0 Å². The zero-order valence-electron chi connectivity index (χ0n) is 19.4. The Labute approximate surface area is 184 Å². The van der Waals surface area contributed by atoms with Gasteiger partial charge >= 0.3 is 19.5 Å². The fraction of sp³-hybridized carbons (Fsp3) is 0.478. The number of hydrogen-bond acceptors (Lipinski definition) is 7. The molecule has 7 nitrogen and oxygen atoms in total. The van der Waals surface area contributed by atoms with Gasteiger partial charge in [0.1, 0.15) is 12.2 Å². The third kappa shape index (κ3) is 8.09. The normalized spacial score (nSPS) is 14.8. The van der Waals surface area contributed by atoms with Gasteiger partial charge in [0, 0.05) is 11.1 Å². The van der Waals surface area contributed by atoms with Gasteiger partial charge in [-0.05, 0) is 59.6 Å². The molecule has 2 unspecified atom stereocenters. The Balaban J connectivity index is 3.09. The lowest BCUT2D eigenvalue weighted by molar-refractivity contribution is -0.145. The fourth-order valence-corrected chi connectivity index (χ4v) is 4.95. The third-order valence-corrected chi connectivity index (χ3v) is 6.41. The maximum Gasteiger partial charge on any atom is 0.362 e. The summed E-state index contributed by atoms with van der Waals surface area (Å²) in [7, 11) is -3.84. The third-order valence-electron chi connectivity index (χ3n) is 4.18. The Kier molecular flexibility index (Phi) is 9.88. The molecule has 0 aliphatic heterocycles. The van der Waals surface area contributed by atoms with E-state index in [1.807, 2.05) is 32.9 Å². The number of ether oxygens (including phenoxy) is 2. The average Bonchev–Trinajstić information content (AvgIpc) is 2.63. The summed E-state index contributed by atoms with van der Waals surface area (Å²) in [6.07, 6.45) is -1.35. The van der Waals surface area contributed by atoms with E-state index in [1.54, 1.807) is 13.8 Å². The first-order valence-corrected chi connectivity index (χ1v) is 11.5. The fourth-order valence-electron chi connectivity index (χ4n) is 2.81. The summed E-state index contributed by atoms with van der Waals surface area (Å²) in [5.74, 6) is -1.12. The molecule has 1 aromatic carbocycles. The van der Waals surface area contributed by atoms with E-state index in [0.29, 0.717) is 5.30 Å². The molecule has 0 radical (unpaired) electrons. The van der Waals surface area contributed by atoms with E-state index < -0.39 is 31.7 Å². The lowest BCUT2D eigenvalue weighted by Crippen LogP contribution is -2.26.